The highest BCUT2D eigenvalue weighted by Crippen LogP contribution is 2.20. The standard InChI is InChI=1S/C17H21N3O2S/c1-2-3-16-19-15(11-23-16)17(21)20-14-10-22-9-13(14)8-12-4-6-18-7-5-12/h4-7,11,13-14H,2-3,8-10H2,1H3,(H,20,21)/t13-,14-/m1/s1. The van der Waals surface area contributed by atoms with Crippen molar-refractivity contribution < 1.29 is 9.53 Å². The normalized spacial score (nSPS) is 20.6. The maximum absolute atomic E-state index is 12.4. The summed E-state index contributed by atoms with van der Waals surface area (Å²) in [4.78, 5) is 20.8. The van der Waals surface area contributed by atoms with E-state index < -0.39 is 0 Å². The molecule has 122 valence electrons. The largest absolute Gasteiger partial charge is 0.379 e. The third-order valence-corrected chi connectivity index (χ3v) is 4.92. The predicted molar refractivity (Wildman–Crippen MR) is 89.6 cm³/mol. The molecule has 1 saturated heterocycles. The van der Waals surface area contributed by atoms with Crippen LogP contribution in [0.15, 0.2) is 29.9 Å². The van der Waals surface area contributed by atoms with Gasteiger partial charge in [0, 0.05) is 23.7 Å². The van der Waals surface area contributed by atoms with Crippen LogP contribution in [0, 0.1) is 5.92 Å². The fourth-order valence-electron chi connectivity index (χ4n) is 2.77. The van der Waals surface area contributed by atoms with Gasteiger partial charge in [-0.2, -0.15) is 0 Å². The van der Waals surface area contributed by atoms with Crippen LogP contribution in [0.4, 0.5) is 0 Å². The Morgan fingerprint density at radius 2 is 2.22 bits per heavy atom. The van der Waals surface area contributed by atoms with Crippen LogP contribution >= 0.6 is 11.3 Å². The van der Waals surface area contributed by atoms with Crippen molar-refractivity contribution in [2.24, 2.45) is 5.92 Å². The van der Waals surface area contributed by atoms with Gasteiger partial charge in [0.2, 0.25) is 0 Å². The summed E-state index contributed by atoms with van der Waals surface area (Å²) in [6.45, 7) is 3.35. The Morgan fingerprint density at radius 3 is 3.00 bits per heavy atom. The van der Waals surface area contributed by atoms with Crippen LogP contribution in [0.3, 0.4) is 0 Å². The molecule has 2 atom stereocenters. The van der Waals surface area contributed by atoms with Gasteiger partial charge >= 0.3 is 0 Å². The number of aromatic nitrogens is 2. The van der Waals surface area contributed by atoms with Gasteiger partial charge in [-0.3, -0.25) is 9.78 Å². The lowest BCUT2D eigenvalue weighted by Crippen LogP contribution is -2.40. The zero-order valence-corrected chi connectivity index (χ0v) is 14.0. The fourth-order valence-corrected chi connectivity index (χ4v) is 3.65. The van der Waals surface area contributed by atoms with E-state index in [-0.39, 0.29) is 17.9 Å². The maximum Gasteiger partial charge on any atom is 0.271 e. The summed E-state index contributed by atoms with van der Waals surface area (Å²) in [5.74, 6) is 0.189. The number of hydrogen-bond donors (Lipinski definition) is 1. The molecular weight excluding hydrogens is 310 g/mol. The maximum atomic E-state index is 12.4. The summed E-state index contributed by atoms with van der Waals surface area (Å²) in [5, 5.41) is 5.95. The molecule has 2 aromatic rings. The van der Waals surface area contributed by atoms with Gasteiger partial charge in [0.1, 0.15) is 5.69 Å². The monoisotopic (exact) mass is 331 g/mol. The molecule has 1 aliphatic rings. The van der Waals surface area contributed by atoms with Gasteiger partial charge in [0.05, 0.1) is 24.3 Å². The first-order valence-corrected chi connectivity index (χ1v) is 8.86. The lowest BCUT2D eigenvalue weighted by atomic mass is 9.95. The quantitative estimate of drug-likeness (QED) is 0.883. The third kappa shape index (κ3) is 4.14. The van der Waals surface area contributed by atoms with Gasteiger partial charge in [0.25, 0.3) is 5.91 Å². The van der Waals surface area contributed by atoms with Gasteiger partial charge in [-0.1, -0.05) is 6.92 Å². The van der Waals surface area contributed by atoms with Crippen molar-refractivity contribution in [3.8, 4) is 0 Å². The number of carbonyl (C=O) groups is 1. The molecule has 0 bridgehead atoms. The Kier molecular flexibility index (Phi) is 5.35. The highest BCUT2D eigenvalue weighted by molar-refractivity contribution is 7.09. The number of pyridine rings is 1. The Morgan fingerprint density at radius 1 is 1.39 bits per heavy atom. The minimum Gasteiger partial charge on any atom is -0.379 e. The molecule has 5 nitrogen and oxygen atoms in total. The molecule has 0 spiro atoms. The molecule has 0 aliphatic carbocycles. The van der Waals surface area contributed by atoms with E-state index in [2.05, 4.69) is 22.2 Å². The number of nitrogens with zero attached hydrogens (tertiary/aromatic N) is 2. The Balaban J connectivity index is 1.60. The van der Waals surface area contributed by atoms with Crippen LogP contribution in [0.2, 0.25) is 0 Å². The number of carbonyl (C=O) groups excluding carboxylic acids is 1. The topological polar surface area (TPSA) is 64.1 Å². The molecule has 2 aromatic heterocycles. The molecule has 1 aliphatic heterocycles. The Hall–Kier alpha value is -1.79. The molecule has 1 amide bonds. The molecular formula is C17H21N3O2S. The van der Waals surface area contributed by atoms with Crippen molar-refractivity contribution in [2.45, 2.75) is 32.2 Å². The second-order valence-corrected chi connectivity index (χ2v) is 6.76. The van der Waals surface area contributed by atoms with Gasteiger partial charge in [0.15, 0.2) is 0 Å². The van der Waals surface area contributed by atoms with Gasteiger partial charge in [-0.15, -0.1) is 11.3 Å². The van der Waals surface area contributed by atoms with Crippen LogP contribution in [-0.2, 0) is 17.6 Å². The number of hydrogen-bond acceptors (Lipinski definition) is 5. The highest BCUT2D eigenvalue weighted by atomic mass is 32.1. The molecule has 6 heteroatoms. The zero-order valence-electron chi connectivity index (χ0n) is 13.2. The summed E-state index contributed by atoms with van der Waals surface area (Å²) in [6, 6.07) is 4.05. The summed E-state index contributed by atoms with van der Waals surface area (Å²) < 4.78 is 5.57. The van der Waals surface area contributed by atoms with Gasteiger partial charge < -0.3 is 10.1 Å². The smallest absolute Gasteiger partial charge is 0.271 e. The molecule has 3 heterocycles. The Labute approximate surface area is 140 Å². The first-order chi connectivity index (χ1) is 11.3. The van der Waals surface area contributed by atoms with E-state index in [0.29, 0.717) is 18.9 Å². The van der Waals surface area contributed by atoms with E-state index in [0.717, 1.165) is 24.3 Å². The zero-order chi connectivity index (χ0) is 16.1. The minimum atomic E-state index is -0.0983. The van der Waals surface area contributed by atoms with E-state index in [1.165, 1.54) is 5.56 Å². The summed E-state index contributed by atoms with van der Waals surface area (Å²) in [6.07, 6.45) is 6.44. The first kappa shape index (κ1) is 16.1. The lowest BCUT2D eigenvalue weighted by Gasteiger charge is -2.18. The summed E-state index contributed by atoms with van der Waals surface area (Å²) in [5.41, 5.74) is 1.74. The molecule has 0 radical (unpaired) electrons. The molecule has 0 saturated carbocycles. The highest BCUT2D eigenvalue weighted by Gasteiger charge is 2.30. The second-order valence-electron chi connectivity index (χ2n) is 5.81. The number of ether oxygens (including phenoxy) is 1. The van der Waals surface area contributed by atoms with Crippen molar-refractivity contribution in [3.05, 3.63) is 46.2 Å². The molecule has 23 heavy (non-hydrogen) atoms. The van der Waals surface area contributed by atoms with E-state index in [1.807, 2.05) is 17.5 Å². The molecule has 1 fully saturated rings. The summed E-state index contributed by atoms with van der Waals surface area (Å²) >= 11 is 1.55. The number of amides is 1. The van der Waals surface area contributed by atoms with Crippen molar-refractivity contribution >= 4 is 17.2 Å². The van der Waals surface area contributed by atoms with E-state index in [1.54, 1.807) is 23.7 Å². The fraction of sp³-hybridized carbons (Fsp3) is 0.471. The van der Waals surface area contributed by atoms with Gasteiger partial charge in [-0.25, -0.2) is 4.98 Å². The number of aryl methyl sites for hydroxylation is 1. The SMILES string of the molecule is CCCc1nc(C(=O)N[C@@H]2COC[C@H]2Cc2ccncc2)cs1. The Bertz CT molecular complexity index is 644. The number of rotatable bonds is 6. The molecule has 0 unspecified atom stereocenters. The van der Waals surface area contributed by atoms with E-state index in [9.17, 15) is 4.79 Å². The van der Waals surface area contributed by atoms with Crippen molar-refractivity contribution in [1.29, 1.82) is 0 Å². The summed E-state index contributed by atoms with van der Waals surface area (Å²) in [7, 11) is 0. The van der Waals surface area contributed by atoms with Crippen molar-refractivity contribution in [1.82, 2.24) is 15.3 Å². The lowest BCUT2D eigenvalue weighted by molar-refractivity contribution is 0.0920. The van der Waals surface area contributed by atoms with Crippen LogP contribution in [0.5, 0.6) is 0 Å². The van der Waals surface area contributed by atoms with Crippen LogP contribution < -0.4 is 5.32 Å². The number of nitrogens with one attached hydrogen (secondary N) is 1. The third-order valence-electron chi connectivity index (χ3n) is 4.01. The first-order valence-electron chi connectivity index (χ1n) is 7.98. The van der Waals surface area contributed by atoms with E-state index in [4.69, 9.17) is 4.74 Å². The van der Waals surface area contributed by atoms with E-state index >= 15 is 0 Å². The molecule has 1 N–H and O–H groups in total. The number of thiazole rings is 1. The van der Waals surface area contributed by atoms with Gasteiger partial charge in [-0.05, 0) is 37.0 Å². The average molecular weight is 331 g/mol. The average Bonchev–Trinajstić information content (AvgIpc) is 3.19. The van der Waals surface area contributed by atoms with Crippen molar-refractivity contribution in [2.75, 3.05) is 13.2 Å². The predicted octanol–water partition coefficient (Wildman–Crippen LogP) is 2.48. The van der Waals surface area contributed by atoms with Crippen LogP contribution in [0.1, 0.15) is 34.4 Å². The second kappa shape index (κ2) is 7.66. The van der Waals surface area contributed by atoms with Crippen LogP contribution in [-0.4, -0.2) is 35.1 Å². The molecule has 3 rings (SSSR count). The molecule has 0 aromatic carbocycles. The van der Waals surface area contributed by atoms with Crippen molar-refractivity contribution in [3.63, 3.8) is 0 Å². The minimum absolute atomic E-state index is 0.0343. The van der Waals surface area contributed by atoms with Crippen LogP contribution in [0.25, 0.3) is 0 Å².